The van der Waals surface area contributed by atoms with Gasteiger partial charge < -0.3 is 4.90 Å². The quantitative estimate of drug-likeness (QED) is 0.495. The number of amides is 1. The van der Waals surface area contributed by atoms with Gasteiger partial charge in [0.1, 0.15) is 0 Å². The van der Waals surface area contributed by atoms with Crippen molar-refractivity contribution in [1.29, 1.82) is 0 Å². The first-order valence-corrected chi connectivity index (χ1v) is 8.22. The second kappa shape index (κ2) is 7.61. The molecule has 0 spiro atoms. The highest BCUT2D eigenvalue weighted by atomic mass is 16.6. The average Bonchev–Trinajstić information content (AvgIpc) is 2.66. The predicted octanol–water partition coefficient (Wildman–Crippen LogP) is 4.75. The number of nitro benzene ring substituents is 1. The fraction of sp³-hybridized carbons (Fsp3) is 0.0952. The SMILES string of the molecule is Cc1cc(C(=O)N(Cc2ccccc2)c2ccccc2)ccc1[N+](=O)[O-]. The first kappa shape index (κ1) is 17.4. The van der Waals surface area contributed by atoms with Crippen molar-refractivity contribution < 1.29 is 9.72 Å². The van der Waals surface area contributed by atoms with Crippen molar-refractivity contribution in [3.8, 4) is 0 Å². The third-order valence-corrected chi connectivity index (χ3v) is 4.14. The number of benzene rings is 3. The van der Waals surface area contributed by atoms with E-state index < -0.39 is 4.92 Å². The van der Waals surface area contributed by atoms with Crippen molar-refractivity contribution in [2.45, 2.75) is 13.5 Å². The summed E-state index contributed by atoms with van der Waals surface area (Å²) in [5.41, 5.74) is 2.68. The molecule has 0 aliphatic heterocycles. The van der Waals surface area contributed by atoms with Crippen molar-refractivity contribution in [3.05, 3.63) is 106 Å². The summed E-state index contributed by atoms with van der Waals surface area (Å²) in [6, 6.07) is 23.6. The topological polar surface area (TPSA) is 63.5 Å². The fourth-order valence-electron chi connectivity index (χ4n) is 2.80. The Bertz CT molecular complexity index is 925. The Hall–Kier alpha value is -3.47. The Morgan fingerprint density at radius 2 is 1.58 bits per heavy atom. The molecule has 5 nitrogen and oxygen atoms in total. The molecule has 0 radical (unpaired) electrons. The second-order valence-electron chi connectivity index (χ2n) is 5.97. The Kier molecular flexibility index (Phi) is 5.08. The number of rotatable bonds is 5. The highest BCUT2D eigenvalue weighted by molar-refractivity contribution is 6.06. The van der Waals surface area contributed by atoms with Gasteiger partial charge in [-0.25, -0.2) is 0 Å². The maximum Gasteiger partial charge on any atom is 0.272 e. The zero-order chi connectivity index (χ0) is 18.5. The molecular weight excluding hydrogens is 328 g/mol. The number of nitrogens with zero attached hydrogens (tertiary/aromatic N) is 2. The summed E-state index contributed by atoms with van der Waals surface area (Å²) in [6.45, 7) is 2.05. The molecular formula is C21H18N2O3. The van der Waals surface area contributed by atoms with Crippen LogP contribution in [0.1, 0.15) is 21.5 Å². The van der Waals surface area contributed by atoms with E-state index in [1.807, 2.05) is 60.7 Å². The number of carbonyl (C=O) groups excluding carboxylic acids is 1. The summed E-state index contributed by atoms with van der Waals surface area (Å²) >= 11 is 0. The maximum atomic E-state index is 13.1. The van der Waals surface area contributed by atoms with Gasteiger partial charge in [-0.15, -0.1) is 0 Å². The summed E-state index contributed by atoms with van der Waals surface area (Å²) in [5.74, 6) is -0.196. The van der Waals surface area contributed by atoms with E-state index in [4.69, 9.17) is 0 Å². The Labute approximate surface area is 151 Å². The molecule has 0 atom stereocenters. The van der Waals surface area contributed by atoms with Gasteiger partial charge in [0.05, 0.1) is 11.5 Å². The number of aryl methyl sites for hydroxylation is 1. The van der Waals surface area contributed by atoms with Crippen molar-refractivity contribution in [2.75, 3.05) is 4.90 Å². The van der Waals surface area contributed by atoms with Gasteiger partial charge in [0.2, 0.25) is 0 Å². The number of hydrogen-bond acceptors (Lipinski definition) is 3. The van der Waals surface area contributed by atoms with Gasteiger partial charge in [0.25, 0.3) is 11.6 Å². The van der Waals surface area contributed by atoms with Crippen LogP contribution in [0, 0.1) is 17.0 Å². The minimum absolute atomic E-state index is 0.0101. The van der Waals surface area contributed by atoms with Crippen LogP contribution in [0.25, 0.3) is 0 Å². The molecule has 5 heteroatoms. The lowest BCUT2D eigenvalue weighted by Gasteiger charge is -2.23. The first-order chi connectivity index (χ1) is 12.6. The summed E-state index contributed by atoms with van der Waals surface area (Å²) in [6.07, 6.45) is 0. The molecule has 3 aromatic rings. The van der Waals surface area contributed by atoms with E-state index in [9.17, 15) is 14.9 Å². The molecule has 0 heterocycles. The smallest absolute Gasteiger partial charge is 0.272 e. The van der Waals surface area contributed by atoms with Gasteiger partial charge in [-0.2, -0.15) is 0 Å². The largest absolute Gasteiger partial charge is 0.304 e. The number of hydrogen-bond donors (Lipinski definition) is 0. The fourth-order valence-corrected chi connectivity index (χ4v) is 2.80. The van der Waals surface area contributed by atoms with Gasteiger partial charge in [0, 0.05) is 22.9 Å². The standard InChI is InChI=1S/C21H18N2O3/c1-16-14-18(12-13-20(16)23(25)26)21(24)22(19-10-6-3-7-11-19)15-17-8-4-2-5-9-17/h2-14H,15H2,1H3. The van der Waals surface area contributed by atoms with E-state index in [1.54, 1.807) is 17.9 Å². The van der Waals surface area contributed by atoms with Gasteiger partial charge in [-0.1, -0.05) is 48.5 Å². The monoisotopic (exact) mass is 346 g/mol. The summed E-state index contributed by atoms with van der Waals surface area (Å²) in [7, 11) is 0. The molecule has 1 amide bonds. The summed E-state index contributed by atoms with van der Waals surface area (Å²) in [5, 5.41) is 11.0. The zero-order valence-electron chi connectivity index (χ0n) is 14.3. The molecule has 0 unspecified atom stereocenters. The van der Waals surface area contributed by atoms with E-state index in [0.717, 1.165) is 11.3 Å². The molecule has 0 fully saturated rings. The van der Waals surface area contributed by atoms with E-state index in [0.29, 0.717) is 17.7 Å². The molecule has 3 aromatic carbocycles. The summed E-state index contributed by atoms with van der Waals surface area (Å²) in [4.78, 5) is 25.4. The third kappa shape index (κ3) is 3.78. The van der Waals surface area contributed by atoms with Gasteiger partial charge in [0.15, 0.2) is 0 Å². The molecule has 0 aromatic heterocycles. The van der Waals surface area contributed by atoms with Crippen LogP contribution in [0.15, 0.2) is 78.9 Å². The van der Waals surface area contributed by atoms with Crippen LogP contribution >= 0.6 is 0 Å². The minimum atomic E-state index is -0.442. The Morgan fingerprint density at radius 1 is 0.962 bits per heavy atom. The highest BCUT2D eigenvalue weighted by Crippen LogP contribution is 2.23. The summed E-state index contributed by atoms with van der Waals surface area (Å²) < 4.78 is 0. The molecule has 0 aliphatic carbocycles. The average molecular weight is 346 g/mol. The lowest BCUT2D eigenvalue weighted by Crippen LogP contribution is -2.30. The minimum Gasteiger partial charge on any atom is -0.304 e. The number of nitro groups is 1. The van der Waals surface area contributed by atoms with E-state index in [2.05, 4.69) is 0 Å². The first-order valence-electron chi connectivity index (χ1n) is 8.22. The van der Waals surface area contributed by atoms with Crippen molar-refractivity contribution in [3.63, 3.8) is 0 Å². The second-order valence-corrected chi connectivity index (χ2v) is 5.97. The van der Waals surface area contributed by atoms with Crippen LogP contribution in [-0.4, -0.2) is 10.8 Å². The van der Waals surface area contributed by atoms with Crippen LogP contribution in [0.3, 0.4) is 0 Å². The predicted molar refractivity (Wildman–Crippen MR) is 101 cm³/mol. The lowest BCUT2D eigenvalue weighted by molar-refractivity contribution is -0.385. The van der Waals surface area contributed by atoms with Crippen LogP contribution in [0.2, 0.25) is 0 Å². The van der Waals surface area contributed by atoms with Gasteiger partial charge >= 0.3 is 0 Å². The normalized spacial score (nSPS) is 10.3. The van der Waals surface area contributed by atoms with Gasteiger partial charge in [-0.05, 0) is 36.8 Å². The van der Waals surface area contributed by atoms with Crippen molar-refractivity contribution in [2.24, 2.45) is 0 Å². The molecule has 0 N–H and O–H groups in total. The molecule has 0 saturated heterocycles. The molecule has 130 valence electrons. The Balaban J connectivity index is 1.97. The third-order valence-electron chi connectivity index (χ3n) is 4.14. The molecule has 3 rings (SSSR count). The maximum absolute atomic E-state index is 13.1. The van der Waals surface area contributed by atoms with E-state index in [-0.39, 0.29) is 11.6 Å². The number of para-hydroxylation sites is 1. The molecule has 26 heavy (non-hydrogen) atoms. The van der Waals surface area contributed by atoms with Crippen LogP contribution < -0.4 is 4.90 Å². The van der Waals surface area contributed by atoms with Crippen LogP contribution in [-0.2, 0) is 6.54 Å². The lowest BCUT2D eigenvalue weighted by atomic mass is 10.1. The Morgan fingerprint density at radius 3 is 2.15 bits per heavy atom. The number of carbonyl (C=O) groups is 1. The molecule has 0 saturated carbocycles. The van der Waals surface area contributed by atoms with E-state index >= 15 is 0 Å². The van der Waals surface area contributed by atoms with Crippen molar-refractivity contribution in [1.82, 2.24) is 0 Å². The zero-order valence-corrected chi connectivity index (χ0v) is 14.3. The molecule has 0 bridgehead atoms. The van der Waals surface area contributed by atoms with Crippen LogP contribution in [0.5, 0.6) is 0 Å². The molecule has 0 aliphatic rings. The van der Waals surface area contributed by atoms with Crippen molar-refractivity contribution >= 4 is 17.3 Å². The van der Waals surface area contributed by atoms with E-state index in [1.165, 1.54) is 12.1 Å². The highest BCUT2D eigenvalue weighted by Gasteiger charge is 2.20. The van der Waals surface area contributed by atoms with Crippen LogP contribution in [0.4, 0.5) is 11.4 Å². The van der Waals surface area contributed by atoms with Gasteiger partial charge in [-0.3, -0.25) is 14.9 Å². The number of anilines is 1.